The summed E-state index contributed by atoms with van der Waals surface area (Å²) in [6.45, 7) is 3.48. The summed E-state index contributed by atoms with van der Waals surface area (Å²) in [4.78, 5) is 27.7. The van der Waals surface area contributed by atoms with Gasteiger partial charge < -0.3 is 8.98 Å². The zero-order valence-corrected chi connectivity index (χ0v) is 10.6. The summed E-state index contributed by atoms with van der Waals surface area (Å²) in [6, 6.07) is 1.66. The molecule has 2 aromatic rings. The fourth-order valence-electron chi connectivity index (χ4n) is 1.80. The van der Waals surface area contributed by atoms with Crippen molar-refractivity contribution in [2.75, 3.05) is 0 Å². The summed E-state index contributed by atoms with van der Waals surface area (Å²) >= 11 is 0. The highest BCUT2D eigenvalue weighted by molar-refractivity contribution is 6.13. The van der Waals surface area contributed by atoms with Crippen LogP contribution in [0.2, 0.25) is 0 Å². The zero-order chi connectivity index (χ0) is 13.3. The van der Waals surface area contributed by atoms with Crippen LogP contribution < -0.4 is 0 Å². The number of carbonyl (C=O) groups is 2. The van der Waals surface area contributed by atoms with Crippen LogP contribution in [0, 0.1) is 13.8 Å². The van der Waals surface area contributed by atoms with Gasteiger partial charge in [0.15, 0.2) is 11.6 Å². The van der Waals surface area contributed by atoms with Crippen LogP contribution in [0.4, 0.5) is 0 Å². The Morgan fingerprint density at radius 3 is 2.56 bits per heavy atom. The predicted molar refractivity (Wildman–Crippen MR) is 64.7 cm³/mol. The lowest BCUT2D eigenvalue weighted by atomic mass is 10.1. The summed E-state index contributed by atoms with van der Waals surface area (Å²) in [5.41, 5.74) is 0.778. The molecule has 0 aromatic carbocycles. The third-order valence-electron chi connectivity index (χ3n) is 2.65. The number of Topliss-reactive ketones (excluding diaryl/α,β-unsaturated/α-hetero) is 2. The van der Waals surface area contributed by atoms with Gasteiger partial charge in [-0.05, 0) is 19.9 Å². The molecule has 0 amide bonds. The Morgan fingerprint density at radius 1 is 1.33 bits per heavy atom. The van der Waals surface area contributed by atoms with Crippen LogP contribution in [0.1, 0.15) is 38.8 Å². The minimum atomic E-state index is -0.279. The first kappa shape index (κ1) is 12.3. The molecule has 5 heteroatoms. The van der Waals surface area contributed by atoms with Gasteiger partial charge >= 0.3 is 0 Å². The van der Waals surface area contributed by atoms with Gasteiger partial charge in [0.05, 0.1) is 18.3 Å². The highest BCUT2D eigenvalue weighted by atomic mass is 16.3. The molecular weight excluding hydrogens is 232 g/mol. The van der Waals surface area contributed by atoms with E-state index in [9.17, 15) is 9.59 Å². The Morgan fingerprint density at radius 2 is 2.06 bits per heavy atom. The Bertz CT molecular complexity index is 608. The van der Waals surface area contributed by atoms with E-state index in [2.05, 4.69) is 4.98 Å². The summed E-state index contributed by atoms with van der Waals surface area (Å²) in [6.07, 6.45) is 2.95. The molecule has 0 saturated heterocycles. The number of nitrogens with zero attached hydrogens (tertiary/aromatic N) is 2. The second-order valence-corrected chi connectivity index (χ2v) is 4.27. The number of aryl methyl sites for hydroxylation is 3. The molecule has 2 heterocycles. The molecular formula is C13H14N2O3. The summed E-state index contributed by atoms with van der Waals surface area (Å²) in [5, 5.41) is 0. The van der Waals surface area contributed by atoms with E-state index in [1.165, 1.54) is 6.33 Å². The normalized spacial score (nSPS) is 10.6. The van der Waals surface area contributed by atoms with Gasteiger partial charge in [-0.25, -0.2) is 4.98 Å². The molecule has 0 aliphatic heterocycles. The number of imidazole rings is 1. The number of hydrogen-bond acceptors (Lipinski definition) is 4. The van der Waals surface area contributed by atoms with Crippen molar-refractivity contribution in [3.8, 4) is 0 Å². The second kappa shape index (κ2) is 4.60. The average Bonchev–Trinajstić information content (AvgIpc) is 2.84. The fourth-order valence-corrected chi connectivity index (χ4v) is 1.80. The van der Waals surface area contributed by atoms with Crippen LogP contribution >= 0.6 is 0 Å². The van der Waals surface area contributed by atoms with E-state index in [1.54, 1.807) is 37.7 Å². The van der Waals surface area contributed by atoms with Crippen molar-refractivity contribution in [1.82, 2.24) is 9.55 Å². The topological polar surface area (TPSA) is 65.1 Å². The number of furan rings is 1. The number of rotatable bonds is 4. The molecule has 0 aliphatic carbocycles. The van der Waals surface area contributed by atoms with Gasteiger partial charge in [0, 0.05) is 13.2 Å². The van der Waals surface area contributed by atoms with E-state index >= 15 is 0 Å². The number of ketones is 2. The fraction of sp³-hybridized carbons (Fsp3) is 0.308. The Hall–Kier alpha value is -2.17. The van der Waals surface area contributed by atoms with E-state index < -0.39 is 0 Å². The SMILES string of the molecule is Cc1cc(C(=O)CC(=O)c2cn(C)cn2)c(C)o1. The van der Waals surface area contributed by atoms with E-state index in [-0.39, 0.29) is 18.0 Å². The Labute approximate surface area is 104 Å². The van der Waals surface area contributed by atoms with E-state index in [0.717, 1.165) is 0 Å². The van der Waals surface area contributed by atoms with Crippen LogP contribution in [-0.4, -0.2) is 21.1 Å². The van der Waals surface area contributed by atoms with Crippen molar-refractivity contribution >= 4 is 11.6 Å². The number of aromatic nitrogens is 2. The lowest BCUT2D eigenvalue weighted by Gasteiger charge is -1.96. The van der Waals surface area contributed by atoms with Crippen molar-refractivity contribution in [3.63, 3.8) is 0 Å². The molecule has 18 heavy (non-hydrogen) atoms. The highest BCUT2D eigenvalue weighted by Gasteiger charge is 2.19. The monoisotopic (exact) mass is 246 g/mol. The smallest absolute Gasteiger partial charge is 0.190 e. The quantitative estimate of drug-likeness (QED) is 0.612. The summed E-state index contributed by atoms with van der Waals surface area (Å²) in [5.74, 6) is 0.700. The average molecular weight is 246 g/mol. The second-order valence-electron chi connectivity index (χ2n) is 4.27. The van der Waals surface area contributed by atoms with Gasteiger partial charge in [0.2, 0.25) is 0 Å². The molecule has 0 atom stereocenters. The van der Waals surface area contributed by atoms with Gasteiger partial charge in [-0.3, -0.25) is 9.59 Å². The van der Waals surface area contributed by atoms with Crippen LogP contribution in [0.3, 0.4) is 0 Å². The molecule has 0 unspecified atom stereocenters. The molecule has 5 nitrogen and oxygen atoms in total. The van der Waals surface area contributed by atoms with Crippen LogP contribution in [0.5, 0.6) is 0 Å². The van der Waals surface area contributed by atoms with E-state index in [1.807, 2.05) is 0 Å². The van der Waals surface area contributed by atoms with E-state index in [4.69, 9.17) is 4.42 Å². The predicted octanol–water partition coefficient (Wildman–Crippen LogP) is 2.09. The lowest BCUT2D eigenvalue weighted by molar-refractivity contribution is 0.0891. The maximum Gasteiger partial charge on any atom is 0.190 e. The molecule has 0 N–H and O–H groups in total. The lowest BCUT2D eigenvalue weighted by Crippen LogP contribution is -2.09. The molecule has 94 valence electrons. The molecule has 2 aromatic heterocycles. The first-order chi connectivity index (χ1) is 8.47. The first-order valence-corrected chi connectivity index (χ1v) is 5.59. The molecule has 0 saturated carbocycles. The number of carbonyl (C=O) groups excluding carboxylic acids is 2. The molecule has 0 aliphatic rings. The van der Waals surface area contributed by atoms with Crippen molar-refractivity contribution in [2.24, 2.45) is 7.05 Å². The largest absolute Gasteiger partial charge is 0.466 e. The minimum Gasteiger partial charge on any atom is -0.466 e. The molecule has 0 radical (unpaired) electrons. The van der Waals surface area contributed by atoms with Crippen molar-refractivity contribution in [1.29, 1.82) is 0 Å². The van der Waals surface area contributed by atoms with Gasteiger partial charge in [-0.2, -0.15) is 0 Å². The number of hydrogen-bond donors (Lipinski definition) is 0. The van der Waals surface area contributed by atoms with Gasteiger partial charge in [0.25, 0.3) is 0 Å². The minimum absolute atomic E-state index is 0.184. The van der Waals surface area contributed by atoms with Gasteiger partial charge in [-0.15, -0.1) is 0 Å². The Kier molecular flexibility index (Phi) is 3.14. The molecule has 0 spiro atoms. The van der Waals surface area contributed by atoms with Gasteiger partial charge in [-0.1, -0.05) is 0 Å². The first-order valence-electron chi connectivity index (χ1n) is 5.59. The van der Waals surface area contributed by atoms with Crippen LogP contribution in [0.25, 0.3) is 0 Å². The third-order valence-corrected chi connectivity index (χ3v) is 2.65. The molecule has 2 rings (SSSR count). The van der Waals surface area contributed by atoms with Crippen LogP contribution in [-0.2, 0) is 7.05 Å². The standard InChI is InChI=1S/C13H14N2O3/c1-8-4-10(9(2)18-8)12(16)5-13(17)11-6-15(3)7-14-11/h4,6-7H,5H2,1-3H3. The zero-order valence-electron chi connectivity index (χ0n) is 10.6. The van der Waals surface area contributed by atoms with Crippen molar-refractivity contribution < 1.29 is 14.0 Å². The van der Waals surface area contributed by atoms with E-state index in [0.29, 0.717) is 22.8 Å². The maximum absolute atomic E-state index is 12.0. The summed E-state index contributed by atoms with van der Waals surface area (Å²) in [7, 11) is 1.77. The van der Waals surface area contributed by atoms with Crippen molar-refractivity contribution in [2.45, 2.75) is 20.3 Å². The van der Waals surface area contributed by atoms with Crippen molar-refractivity contribution in [3.05, 3.63) is 41.4 Å². The molecule has 0 fully saturated rings. The maximum atomic E-state index is 12.0. The summed E-state index contributed by atoms with van der Waals surface area (Å²) < 4.78 is 6.95. The third kappa shape index (κ3) is 2.40. The van der Waals surface area contributed by atoms with Gasteiger partial charge in [0.1, 0.15) is 17.2 Å². The highest BCUT2D eigenvalue weighted by Crippen LogP contribution is 2.16. The Balaban J connectivity index is 2.13. The van der Waals surface area contributed by atoms with Crippen LogP contribution in [0.15, 0.2) is 23.0 Å². The molecule has 0 bridgehead atoms.